The van der Waals surface area contributed by atoms with Gasteiger partial charge < -0.3 is 14.6 Å². The van der Waals surface area contributed by atoms with Gasteiger partial charge in [0.1, 0.15) is 57.4 Å². The largest absolute Gasteiger partial charge is 0.468 e. The number of nitrogens with zero attached hydrogens (tertiary/aromatic N) is 18. The summed E-state index contributed by atoms with van der Waals surface area (Å²) in [6.45, 7) is 24.0. The van der Waals surface area contributed by atoms with Gasteiger partial charge in [-0.2, -0.15) is 18.0 Å². The minimum absolute atomic E-state index is 0.00884. The smallest absolute Gasteiger partial charge is 0.416 e. The van der Waals surface area contributed by atoms with E-state index in [2.05, 4.69) is 115 Å². The Bertz CT molecular complexity index is 6790. The molecule has 147 heavy (non-hydrogen) atoms. The maximum atomic E-state index is 13.6. The van der Waals surface area contributed by atoms with Crippen LogP contribution < -0.4 is 4.74 Å². The van der Waals surface area contributed by atoms with Crippen LogP contribution in [-0.2, 0) is 125 Å². The predicted octanol–water partition coefficient (Wildman–Crippen LogP) is 22.6. The van der Waals surface area contributed by atoms with Crippen molar-refractivity contribution in [1.82, 2.24) is 90.2 Å². The second-order valence-corrected chi connectivity index (χ2v) is 38.2. The number of ether oxygens (including phenoxy) is 2. The Hall–Kier alpha value is -14.8. The van der Waals surface area contributed by atoms with Crippen LogP contribution in [0.5, 0.6) is 5.75 Å². The second-order valence-electron chi connectivity index (χ2n) is 37.8. The van der Waals surface area contributed by atoms with Gasteiger partial charge in [0.15, 0.2) is 6.79 Å². The third-order valence-electron chi connectivity index (χ3n) is 24.8. The highest BCUT2D eigenvalue weighted by molar-refractivity contribution is 6.34. The molecule has 16 rings (SSSR count). The van der Waals surface area contributed by atoms with Crippen LogP contribution in [0.15, 0.2) is 256 Å². The van der Waals surface area contributed by atoms with Crippen molar-refractivity contribution in [3.05, 3.63) is 367 Å². The molecule has 1 N–H and O–H groups in total. The molecule has 2 unspecified atom stereocenters. The molecule has 0 aliphatic heterocycles. The van der Waals surface area contributed by atoms with E-state index in [9.17, 15) is 46.6 Å². The van der Waals surface area contributed by atoms with Crippen molar-refractivity contribution in [2.45, 2.75) is 230 Å². The average molecular weight is 2010 g/mol. The maximum Gasteiger partial charge on any atom is 0.416 e. The van der Waals surface area contributed by atoms with Crippen molar-refractivity contribution in [2.75, 3.05) is 13.9 Å². The number of methoxy groups -OCH3 is 1. The van der Waals surface area contributed by atoms with Crippen molar-refractivity contribution < 1.29 is 56.1 Å². The Labute approximate surface area is 861 Å². The molecule has 766 valence electrons. The molecule has 0 amide bonds. The van der Waals surface area contributed by atoms with E-state index in [4.69, 9.17) is 21.1 Å². The number of carbonyl (C=O) groups is 5. The third kappa shape index (κ3) is 34.5. The zero-order valence-electron chi connectivity index (χ0n) is 85.6. The zero-order chi connectivity index (χ0) is 105. The molecule has 31 heteroatoms. The fourth-order valence-corrected chi connectivity index (χ4v) is 16.6. The first-order valence-corrected chi connectivity index (χ1v) is 50.4. The highest BCUT2D eigenvalue weighted by Crippen LogP contribution is 2.34. The molecule has 7 heterocycles. The molecule has 0 saturated carbocycles. The van der Waals surface area contributed by atoms with E-state index in [1.165, 1.54) is 24.3 Å². The number of ketones is 5. The number of carbonyl (C=O) groups excluding carboxylic acids is 5. The number of hydrogen-bond acceptors (Lipinski definition) is 21. The first-order valence-electron chi connectivity index (χ1n) is 50.0. The van der Waals surface area contributed by atoms with Crippen molar-refractivity contribution in [3.8, 4) is 39.9 Å². The van der Waals surface area contributed by atoms with Crippen molar-refractivity contribution in [3.63, 3.8) is 0 Å². The summed E-state index contributed by atoms with van der Waals surface area (Å²) in [7, 11) is 1.58. The monoisotopic (exact) mass is 2010 g/mol. The summed E-state index contributed by atoms with van der Waals surface area (Å²) in [5, 5.41) is 58.8. The number of aryl methyl sites for hydroxylation is 7. The lowest BCUT2D eigenvalue weighted by atomic mass is 9.97. The van der Waals surface area contributed by atoms with Gasteiger partial charge in [-0.1, -0.05) is 247 Å². The molecular formula is C116H129ClF4N18O8. The Morgan fingerprint density at radius 3 is 1.37 bits per heavy atom. The molecule has 0 bridgehead atoms. The Kier molecular flexibility index (Phi) is 41.9. The standard InChI is InChI=1S/C26H27ClN4O.C25H31N3O3.C24H26F3N3O2.C21H22FN3O.C20H23N5O/c1-17(2)8-11-20-16-31(30-29-20)21-12-9-19(10-13-21)14-22(32)15-25-18(3)28-26(27)24-7-5-4-6-23(24)25;1-18(2)5-9-22-16-28(27-26-22)23-10-7-20(8-11-23)13-24(29)14-21-15-25(31-17-30-4)12-6-19(21)3;1-3-6-16(2)23(32)22-15-30(29-28-22)19-11-9-17(10-12-19)13-20(31)14-18-7-4-5-8-21(18)24(25,26)27;1-2-3-7-18-15-25(24-23-18)19-11-9-16(10-12-19)13-20(26)14-17-6-4-5-8-21(17)22;1-3-4-11-25-23-20(22-24-25)17-7-5-16(6-8-17)12-19(26)13-18-14-21-10-9-15(18)2/h4-7,9-10,12-13,16-17H,8,11,14-15H2,1-3H3;6-8,10-12,15-16,18H,5,9,13-14,17H2,1-4H3;4-5,7-12,15-16,23,32H,3,6,13-14H2,1-2H3;4-6,8-12,15H,2-3,7,13-14H2,1H3;5-10,14H,3-4,11-13H2,1-2H3. The maximum absolute atomic E-state index is 13.6. The van der Waals surface area contributed by atoms with Crippen LogP contribution in [0, 0.1) is 44.3 Å². The number of unbranched alkanes of at least 4 members (excludes halogenated alkanes) is 2. The summed E-state index contributed by atoms with van der Waals surface area (Å²) < 4.78 is 70.3. The van der Waals surface area contributed by atoms with Crippen LogP contribution in [0.1, 0.15) is 214 Å². The highest BCUT2D eigenvalue weighted by atomic mass is 35.5. The molecule has 7 aromatic heterocycles. The van der Waals surface area contributed by atoms with Gasteiger partial charge >= 0.3 is 6.18 Å². The third-order valence-corrected chi connectivity index (χ3v) is 25.1. The molecule has 0 radical (unpaired) electrons. The molecule has 26 nitrogen and oxygen atoms in total. The van der Waals surface area contributed by atoms with Crippen LogP contribution in [-0.4, -0.2) is 138 Å². The average Bonchev–Trinajstić information content (AvgIpc) is 0.983. The van der Waals surface area contributed by atoms with Gasteiger partial charge in [0.05, 0.1) is 76.7 Å². The van der Waals surface area contributed by atoms with E-state index in [0.717, 1.165) is 189 Å². The number of rotatable bonds is 44. The molecule has 16 aromatic rings. The van der Waals surface area contributed by atoms with Gasteiger partial charge in [-0.3, -0.25) is 29.0 Å². The summed E-state index contributed by atoms with van der Waals surface area (Å²) in [6.07, 6.45) is 19.5. The fourth-order valence-electron chi connectivity index (χ4n) is 16.3. The van der Waals surface area contributed by atoms with Crippen LogP contribution >= 0.6 is 11.6 Å². The number of aliphatic hydroxyl groups is 1. The molecule has 0 aliphatic carbocycles. The minimum atomic E-state index is -4.49. The number of pyridine rings is 2. The lowest BCUT2D eigenvalue weighted by Crippen LogP contribution is -2.13. The molecule has 2 atom stereocenters. The Balaban J connectivity index is 0.000000164. The van der Waals surface area contributed by atoms with Crippen LogP contribution in [0.25, 0.3) is 44.9 Å². The number of hydrogen-bond donors (Lipinski definition) is 1. The van der Waals surface area contributed by atoms with Crippen LogP contribution in [0.4, 0.5) is 17.6 Å². The van der Waals surface area contributed by atoms with Gasteiger partial charge in [-0.05, 0) is 246 Å². The summed E-state index contributed by atoms with van der Waals surface area (Å²) in [6, 6.07) is 65.3. The molecule has 0 aliphatic rings. The van der Waals surface area contributed by atoms with E-state index in [0.29, 0.717) is 89.6 Å². The van der Waals surface area contributed by atoms with Gasteiger partial charge in [-0.15, -0.1) is 30.6 Å². The lowest BCUT2D eigenvalue weighted by Gasteiger charge is -2.15. The molecule has 0 saturated heterocycles. The van der Waals surface area contributed by atoms with E-state index in [-0.39, 0.29) is 78.7 Å². The zero-order valence-corrected chi connectivity index (χ0v) is 86.3. The normalized spacial score (nSPS) is 11.6. The lowest BCUT2D eigenvalue weighted by molar-refractivity contribution is -0.138. The number of tetrazole rings is 1. The van der Waals surface area contributed by atoms with E-state index < -0.39 is 17.8 Å². The number of Topliss-reactive ketones (excluding diaryl/α,β-unsaturated/α-hetero) is 5. The number of aliphatic hydroxyl groups excluding tert-OH is 1. The molecule has 9 aromatic carbocycles. The van der Waals surface area contributed by atoms with Gasteiger partial charge in [0.25, 0.3) is 0 Å². The number of alkyl halides is 3. The first-order chi connectivity index (χ1) is 70.8. The Morgan fingerprint density at radius 2 is 0.884 bits per heavy atom. The van der Waals surface area contributed by atoms with Crippen molar-refractivity contribution >= 4 is 51.3 Å². The molecule has 0 fully saturated rings. The number of halogens is 5. The minimum Gasteiger partial charge on any atom is -0.468 e. The topological polar surface area (TPSA) is 316 Å². The molecular weight excluding hydrogens is 1880 g/mol. The fraction of sp³-hybridized carbons (Fsp3) is 0.345. The number of fused-ring (bicyclic) bond motifs is 1. The van der Waals surface area contributed by atoms with Gasteiger partial charge in [0, 0.05) is 100 Å². The van der Waals surface area contributed by atoms with E-state index >= 15 is 0 Å². The highest BCUT2D eigenvalue weighted by Gasteiger charge is 2.34. The SMILES string of the molecule is CCCC(C)C(O)c1cn(-c2ccc(CC(=O)Cc3ccccc3C(F)(F)F)cc2)nn1.CCCCc1cn(-c2ccc(CC(=O)Cc3ccccc3F)cc2)nn1.CCCCn1nnc(-c2ccc(CC(=O)Cc3cnccc3C)cc2)n1.COCOc1ccc(C)c(CC(=O)Cc2ccc(-n3cc(CCC(C)C)nn3)cc2)c1.Cc1nc(Cl)c2ccccc2c1CC(=O)Cc1ccc(-n2cc(CCC(C)C)nn2)cc1. The predicted molar refractivity (Wildman–Crippen MR) is 562 cm³/mol. The van der Waals surface area contributed by atoms with E-state index in [1.54, 1.807) is 91.7 Å². The Morgan fingerprint density at radius 1 is 0.442 bits per heavy atom. The van der Waals surface area contributed by atoms with E-state index in [1.807, 2.05) is 192 Å². The number of benzene rings is 9. The summed E-state index contributed by atoms with van der Waals surface area (Å²) >= 11 is 6.29. The van der Waals surface area contributed by atoms with Crippen LogP contribution in [0.3, 0.4) is 0 Å². The quantitative estimate of drug-likeness (QED) is 0.0211. The van der Waals surface area contributed by atoms with Crippen molar-refractivity contribution in [2.24, 2.45) is 17.8 Å². The first kappa shape index (κ1) is 111. The van der Waals surface area contributed by atoms with Gasteiger partial charge in [-0.25, -0.2) is 28.1 Å². The van der Waals surface area contributed by atoms with Crippen molar-refractivity contribution in [1.29, 1.82) is 0 Å². The summed E-state index contributed by atoms with van der Waals surface area (Å²) in [4.78, 5) is 72.6. The number of aromatic nitrogens is 18. The second kappa shape index (κ2) is 55.5. The molecule has 0 spiro atoms. The van der Waals surface area contributed by atoms with Gasteiger partial charge in [0.2, 0.25) is 5.82 Å². The summed E-state index contributed by atoms with van der Waals surface area (Å²) in [5.41, 5.74) is 18.0. The van der Waals surface area contributed by atoms with Crippen LogP contribution in [0.2, 0.25) is 5.15 Å². The summed E-state index contributed by atoms with van der Waals surface area (Å²) in [5.74, 6) is 2.53.